The Bertz CT molecular complexity index is 255. The fraction of sp³-hybridized carbons (Fsp3) is 0.667. The average molecular weight is 225 g/mol. The maximum absolute atomic E-state index is 5.62. The van der Waals surface area contributed by atoms with Crippen molar-refractivity contribution in [2.24, 2.45) is 0 Å². The quantitative estimate of drug-likeness (QED) is 0.752. The number of hydrogen-bond acceptors (Lipinski definition) is 3. The van der Waals surface area contributed by atoms with Crippen molar-refractivity contribution in [1.82, 2.24) is 5.32 Å². The van der Waals surface area contributed by atoms with Crippen LogP contribution in [0.2, 0.25) is 0 Å². The van der Waals surface area contributed by atoms with Crippen LogP contribution in [0.3, 0.4) is 0 Å². The number of nitrogens with one attached hydrogen (secondary N) is 1. The van der Waals surface area contributed by atoms with Crippen LogP contribution in [0.4, 0.5) is 0 Å². The molecule has 0 spiro atoms. The molecule has 1 aliphatic heterocycles. The fourth-order valence-corrected chi connectivity index (χ4v) is 2.64. The van der Waals surface area contributed by atoms with E-state index in [1.165, 1.54) is 37.1 Å². The second-order valence-corrected chi connectivity index (χ2v) is 5.10. The first-order chi connectivity index (χ1) is 7.45. The Morgan fingerprint density at radius 3 is 3.27 bits per heavy atom. The Balaban J connectivity index is 1.48. The number of rotatable bonds is 6. The van der Waals surface area contributed by atoms with Gasteiger partial charge in [-0.3, -0.25) is 0 Å². The minimum atomic E-state index is 0.760. The van der Waals surface area contributed by atoms with Gasteiger partial charge in [0.15, 0.2) is 0 Å². The Hall–Kier alpha value is -0.380. The Morgan fingerprint density at radius 1 is 1.53 bits per heavy atom. The molecule has 2 heterocycles. The number of thiophene rings is 1. The van der Waals surface area contributed by atoms with Crippen molar-refractivity contribution >= 4 is 11.3 Å². The van der Waals surface area contributed by atoms with E-state index >= 15 is 0 Å². The van der Waals surface area contributed by atoms with Crippen molar-refractivity contribution in [3.05, 3.63) is 22.4 Å². The summed E-state index contributed by atoms with van der Waals surface area (Å²) in [6.45, 7) is 2.90. The van der Waals surface area contributed by atoms with Gasteiger partial charge in [0.05, 0.1) is 6.61 Å². The van der Waals surface area contributed by atoms with Gasteiger partial charge in [-0.1, -0.05) is 6.07 Å². The lowest BCUT2D eigenvalue weighted by atomic mass is 10.1. The van der Waals surface area contributed by atoms with Gasteiger partial charge in [-0.05, 0) is 43.7 Å². The SMILES string of the molecule is c1csc(COCCCC2CCCN2)c1. The van der Waals surface area contributed by atoms with Crippen LogP contribution in [0.25, 0.3) is 0 Å². The van der Waals surface area contributed by atoms with Crippen LogP contribution in [0.15, 0.2) is 17.5 Å². The maximum atomic E-state index is 5.62. The summed E-state index contributed by atoms with van der Waals surface area (Å²) in [4.78, 5) is 1.33. The van der Waals surface area contributed by atoms with Gasteiger partial charge in [-0.2, -0.15) is 0 Å². The average Bonchev–Trinajstić information content (AvgIpc) is 2.88. The molecule has 15 heavy (non-hydrogen) atoms. The second-order valence-electron chi connectivity index (χ2n) is 4.07. The molecule has 0 bridgehead atoms. The molecular weight excluding hydrogens is 206 g/mol. The molecule has 2 rings (SSSR count). The molecule has 0 radical (unpaired) electrons. The van der Waals surface area contributed by atoms with Crippen LogP contribution in [-0.4, -0.2) is 19.2 Å². The van der Waals surface area contributed by atoms with Gasteiger partial charge in [0, 0.05) is 17.5 Å². The highest BCUT2D eigenvalue weighted by molar-refractivity contribution is 7.09. The molecule has 84 valence electrons. The molecule has 1 aromatic rings. The normalized spacial score (nSPS) is 20.9. The molecule has 0 aliphatic carbocycles. The molecule has 1 fully saturated rings. The highest BCUT2D eigenvalue weighted by Crippen LogP contribution is 2.12. The first-order valence-corrected chi connectivity index (χ1v) is 6.66. The second kappa shape index (κ2) is 6.26. The van der Waals surface area contributed by atoms with E-state index in [2.05, 4.69) is 22.8 Å². The zero-order valence-corrected chi connectivity index (χ0v) is 9.89. The maximum Gasteiger partial charge on any atom is 0.0809 e. The minimum Gasteiger partial charge on any atom is -0.376 e. The van der Waals surface area contributed by atoms with E-state index in [9.17, 15) is 0 Å². The summed E-state index contributed by atoms with van der Waals surface area (Å²) in [6.07, 6.45) is 5.15. The van der Waals surface area contributed by atoms with Gasteiger partial charge in [0.25, 0.3) is 0 Å². The summed E-state index contributed by atoms with van der Waals surface area (Å²) in [5, 5.41) is 5.61. The molecule has 0 aromatic carbocycles. The molecule has 1 saturated heterocycles. The summed E-state index contributed by atoms with van der Waals surface area (Å²) < 4.78 is 5.62. The lowest BCUT2D eigenvalue weighted by molar-refractivity contribution is 0.117. The van der Waals surface area contributed by atoms with Gasteiger partial charge in [-0.15, -0.1) is 11.3 Å². The van der Waals surface area contributed by atoms with Crippen LogP contribution >= 0.6 is 11.3 Å². The zero-order chi connectivity index (χ0) is 10.3. The molecule has 1 aliphatic rings. The lowest BCUT2D eigenvalue weighted by Gasteiger charge is -2.09. The van der Waals surface area contributed by atoms with Crippen LogP contribution in [0.5, 0.6) is 0 Å². The van der Waals surface area contributed by atoms with E-state index in [0.717, 1.165) is 19.3 Å². The molecule has 1 aromatic heterocycles. The van der Waals surface area contributed by atoms with Gasteiger partial charge in [-0.25, -0.2) is 0 Å². The highest BCUT2D eigenvalue weighted by Gasteiger charge is 2.12. The van der Waals surface area contributed by atoms with Crippen molar-refractivity contribution in [2.45, 2.75) is 38.3 Å². The van der Waals surface area contributed by atoms with E-state index in [1.807, 2.05) is 0 Å². The molecule has 0 saturated carbocycles. The highest BCUT2D eigenvalue weighted by atomic mass is 32.1. The fourth-order valence-electron chi connectivity index (χ4n) is 2.00. The van der Waals surface area contributed by atoms with Gasteiger partial charge in [0.1, 0.15) is 0 Å². The predicted octanol–water partition coefficient (Wildman–Crippen LogP) is 2.80. The van der Waals surface area contributed by atoms with E-state index in [-0.39, 0.29) is 0 Å². The minimum absolute atomic E-state index is 0.760. The lowest BCUT2D eigenvalue weighted by Crippen LogP contribution is -2.21. The first kappa shape index (κ1) is 11.1. The van der Waals surface area contributed by atoms with Crippen molar-refractivity contribution in [3.8, 4) is 0 Å². The Kier molecular flexibility index (Phi) is 4.64. The Labute approximate surface area is 95.6 Å². The van der Waals surface area contributed by atoms with Crippen LogP contribution in [0.1, 0.15) is 30.6 Å². The van der Waals surface area contributed by atoms with Crippen molar-refractivity contribution in [2.75, 3.05) is 13.2 Å². The summed E-state index contributed by atoms with van der Waals surface area (Å²) in [6, 6.07) is 4.96. The molecular formula is C12H19NOS. The monoisotopic (exact) mass is 225 g/mol. The molecule has 0 amide bonds. The summed E-state index contributed by atoms with van der Waals surface area (Å²) in [5.74, 6) is 0. The van der Waals surface area contributed by atoms with Crippen LogP contribution in [0, 0.1) is 0 Å². The van der Waals surface area contributed by atoms with Gasteiger partial charge in [0.2, 0.25) is 0 Å². The van der Waals surface area contributed by atoms with E-state index in [1.54, 1.807) is 11.3 Å². The Morgan fingerprint density at radius 2 is 2.53 bits per heavy atom. The van der Waals surface area contributed by atoms with E-state index < -0.39 is 0 Å². The summed E-state index contributed by atoms with van der Waals surface area (Å²) in [5.41, 5.74) is 0. The zero-order valence-electron chi connectivity index (χ0n) is 9.08. The van der Waals surface area contributed by atoms with E-state index in [0.29, 0.717) is 0 Å². The standard InChI is InChI=1S/C12H19NOS/c1-4-11(13-7-1)5-2-8-14-10-12-6-3-9-15-12/h3,6,9,11,13H,1-2,4-5,7-8,10H2. The van der Waals surface area contributed by atoms with Crippen LogP contribution < -0.4 is 5.32 Å². The van der Waals surface area contributed by atoms with Gasteiger partial charge < -0.3 is 10.1 Å². The molecule has 3 heteroatoms. The largest absolute Gasteiger partial charge is 0.376 e. The third-order valence-corrected chi connectivity index (χ3v) is 3.68. The van der Waals surface area contributed by atoms with Crippen molar-refractivity contribution in [1.29, 1.82) is 0 Å². The molecule has 1 atom stereocenters. The number of ether oxygens (including phenoxy) is 1. The van der Waals surface area contributed by atoms with Crippen LogP contribution in [-0.2, 0) is 11.3 Å². The van der Waals surface area contributed by atoms with Gasteiger partial charge >= 0.3 is 0 Å². The smallest absolute Gasteiger partial charge is 0.0809 e. The first-order valence-electron chi connectivity index (χ1n) is 5.78. The molecule has 2 nitrogen and oxygen atoms in total. The summed E-state index contributed by atoms with van der Waals surface area (Å²) in [7, 11) is 0. The van der Waals surface area contributed by atoms with Crippen molar-refractivity contribution < 1.29 is 4.74 Å². The topological polar surface area (TPSA) is 21.3 Å². The third kappa shape index (κ3) is 3.93. The molecule has 1 unspecified atom stereocenters. The van der Waals surface area contributed by atoms with Crippen molar-refractivity contribution in [3.63, 3.8) is 0 Å². The van der Waals surface area contributed by atoms with E-state index in [4.69, 9.17) is 4.74 Å². The molecule has 1 N–H and O–H groups in total. The number of hydrogen-bond donors (Lipinski definition) is 1. The third-order valence-electron chi connectivity index (χ3n) is 2.83. The predicted molar refractivity (Wildman–Crippen MR) is 64.2 cm³/mol. The summed E-state index contributed by atoms with van der Waals surface area (Å²) >= 11 is 1.77.